The van der Waals surface area contributed by atoms with E-state index in [1.54, 1.807) is 4.90 Å². The van der Waals surface area contributed by atoms with Crippen molar-refractivity contribution >= 4 is 63.3 Å². The molecule has 0 aliphatic heterocycles. The molecular weight excluding hydrogens is 347 g/mol. The van der Waals surface area contributed by atoms with E-state index in [1.165, 1.54) is 44.9 Å². The van der Waals surface area contributed by atoms with Gasteiger partial charge in [0.15, 0.2) is 0 Å². The van der Waals surface area contributed by atoms with Crippen LogP contribution in [0, 0.1) is 0 Å². The summed E-state index contributed by atoms with van der Waals surface area (Å²) in [5.41, 5.74) is 0. The minimum atomic E-state index is -0.912. The Hall–Kier alpha value is 0.496. The molecule has 0 bridgehead atoms. The number of nitrogens with zero attached hydrogens (tertiary/aromatic N) is 1. The molecule has 0 saturated carbocycles. The van der Waals surface area contributed by atoms with Crippen LogP contribution in [0.1, 0.15) is 71.1 Å². The first-order valence-corrected chi connectivity index (χ1v) is 9.43. The Labute approximate surface area is 195 Å². The second kappa shape index (κ2) is 20.8. The molecule has 0 fully saturated rings. The van der Waals surface area contributed by atoms with E-state index in [9.17, 15) is 9.59 Å². The molecule has 0 aliphatic rings. The van der Waals surface area contributed by atoms with Gasteiger partial charge in [0.25, 0.3) is 0 Å². The molecular formula is C18H37KN2O4. The third-order valence-corrected chi connectivity index (χ3v) is 4.05. The zero-order valence-electron chi connectivity index (χ0n) is 15.3. The van der Waals surface area contributed by atoms with Gasteiger partial charge < -0.3 is 20.4 Å². The van der Waals surface area contributed by atoms with E-state index in [1.807, 2.05) is 0 Å². The zero-order valence-corrected chi connectivity index (χ0v) is 15.3. The van der Waals surface area contributed by atoms with Crippen molar-refractivity contribution in [1.82, 2.24) is 10.2 Å². The van der Waals surface area contributed by atoms with Crippen LogP contribution in [0.25, 0.3) is 0 Å². The third-order valence-electron chi connectivity index (χ3n) is 4.05. The van der Waals surface area contributed by atoms with Gasteiger partial charge in [-0.2, -0.15) is 0 Å². The number of aliphatic carboxylic acids is 1. The fourth-order valence-corrected chi connectivity index (χ4v) is 2.64. The van der Waals surface area contributed by atoms with Crippen molar-refractivity contribution in [3.05, 3.63) is 0 Å². The van der Waals surface area contributed by atoms with Gasteiger partial charge in [0, 0.05) is 26.1 Å². The van der Waals surface area contributed by atoms with Crippen LogP contribution in [0.15, 0.2) is 0 Å². The molecule has 6 nitrogen and oxygen atoms in total. The first-order valence-electron chi connectivity index (χ1n) is 9.43. The Morgan fingerprint density at radius 1 is 0.920 bits per heavy atom. The van der Waals surface area contributed by atoms with Crippen LogP contribution in [-0.4, -0.2) is 111 Å². The quantitative estimate of drug-likeness (QED) is 0.263. The standard InChI is InChI=1S/C18H36N2O4.K.H/c1-2-3-4-5-6-7-8-9-10-11-17(22)20(14-15-21)13-12-19-16-18(23)24;;/h19,21H,2-16H2,1H3,(H,23,24);;. The summed E-state index contributed by atoms with van der Waals surface area (Å²) in [7, 11) is 0. The summed E-state index contributed by atoms with van der Waals surface area (Å²) in [5.74, 6) is -0.867. The number of aliphatic hydroxyl groups excluding tert-OH is 1. The predicted octanol–water partition coefficient (Wildman–Crippen LogP) is 1.75. The van der Waals surface area contributed by atoms with E-state index in [2.05, 4.69) is 12.2 Å². The minimum absolute atomic E-state index is 0. The average Bonchev–Trinajstić information content (AvgIpc) is 2.55. The van der Waals surface area contributed by atoms with E-state index in [0.717, 1.165) is 12.8 Å². The van der Waals surface area contributed by atoms with E-state index in [-0.39, 0.29) is 70.4 Å². The van der Waals surface area contributed by atoms with Crippen LogP contribution >= 0.6 is 0 Å². The van der Waals surface area contributed by atoms with Crippen molar-refractivity contribution < 1.29 is 19.8 Å². The van der Waals surface area contributed by atoms with Gasteiger partial charge in [-0.15, -0.1) is 0 Å². The van der Waals surface area contributed by atoms with Gasteiger partial charge in [-0.1, -0.05) is 58.3 Å². The molecule has 0 radical (unpaired) electrons. The summed E-state index contributed by atoms with van der Waals surface area (Å²) in [6.07, 6.45) is 11.4. The van der Waals surface area contributed by atoms with E-state index < -0.39 is 5.97 Å². The zero-order chi connectivity index (χ0) is 18.0. The van der Waals surface area contributed by atoms with Gasteiger partial charge in [0.05, 0.1) is 13.2 Å². The first kappa shape index (κ1) is 27.7. The van der Waals surface area contributed by atoms with Crippen LogP contribution in [0.3, 0.4) is 0 Å². The number of carbonyl (C=O) groups excluding carboxylic acids is 1. The molecule has 3 N–H and O–H groups in total. The third kappa shape index (κ3) is 19.1. The molecule has 0 rings (SSSR count). The van der Waals surface area contributed by atoms with E-state index >= 15 is 0 Å². The van der Waals surface area contributed by atoms with Gasteiger partial charge in [0.1, 0.15) is 0 Å². The van der Waals surface area contributed by atoms with Crippen molar-refractivity contribution in [2.45, 2.75) is 71.1 Å². The Morgan fingerprint density at radius 3 is 2.00 bits per heavy atom. The molecule has 0 unspecified atom stereocenters. The predicted molar refractivity (Wildman–Crippen MR) is 103 cm³/mol. The van der Waals surface area contributed by atoms with Gasteiger partial charge in [-0.3, -0.25) is 9.59 Å². The molecule has 0 saturated heterocycles. The van der Waals surface area contributed by atoms with Crippen LogP contribution in [-0.2, 0) is 9.59 Å². The summed E-state index contributed by atoms with van der Waals surface area (Å²) >= 11 is 0. The summed E-state index contributed by atoms with van der Waals surface area (Å²) in [5, 5.41) is 20.4. The maximum absolute atomic E-state index is 12.1. The van der Waals surface area contributed by atoms with Gasteiger partial charge in [0.2, 0.25) is 5.91 Å². The molecule has 0 aliphatic carbocycles. The number of carbonyl (C=O) groups is 2. The number of nitrogens with one attached hydrogen (secondary N) is 1. The number of hydrogen-bond donors (Lipinski definition) is 3. The molecule has 7 heteroatoms. The molecule has 25 heavy (non-hydrogen) atoms. The Bertz CT molecular complexity index is 330. The van der Waals surface area contributed by atoms with Gasteiger partial charge >= 0.3 is 57.4 Å². The van der Waals surface area contributed by atoms with Gasteiger partial charge in [-0.05, 0) is 6.42 Å². The van der Waals surface area contributed by atoms with Crippen LogP contribution in [0.5, 0.6) is 0 Å². The Balaban J connectivity index is 0. The number of unbranched alkanes of at least 4 members (excludes halogenated alkanes) is 8. The molecule has 0 atom stereocenters. The van der Waals surface area contributed by atoms with Crippen LogP contribution < -0.4 is 5.32 Å². The second-order valence-corrected chi connectivity index (χ2v) is 6.25. The summed E-state index contributed by atoms with van der Waals surface area (Å²) < 4.78 is 0. The SMILES string of the molecule is CCCCCCCCCCCC(=O)N(CCO)CCNCC(=O)O.[KH]. The van der Waals surface area contributed by atoms with E-state index in [0.29, 0.717) is 26.1 Å². The molecule has 1 amide bonds. The van der Waals surface area contributed by atoms with Crippen LogP contribution in [0.2, 0.25) is 0 Å². The topological polar surface area (TPSA) is 89.9 Å². The van der Waals surface area contributed by atoms with Crippen molar-refractivity contribution in [2.24, 2.45) is 0 Å². The summed E-state index contributed by atoms with van der Waals surface area (Å²) in [6.45, 7) is 3.21. The summed E-state index contributed by atoms with van der Waals surface area (Å²) in [6, 6.07) is 0. The number of aliphatic hydroxyl groups is 1. The number of hydrogen-bond acceptors (Lipinski definition) is 4. The molecule has 144 valence electrons. The molecule has 0 aromatic carbocycles. The average molecular weight is 385 g/mol. The molecule has 0 spiro atoms. The number of carboxylic acids is 1. The molecule has 0 aromatic rings. The van der Waals surface area contributed by atoms with E-state index in [4.69, 9.17) is 10.2 Å². The van der Waals surface area contributed by atoms with Gasteiger partial charge in [-0.25, -0.2) is 0 Å². The van der Waals surface area contributed by atoms with Crippen LogP contribution in [0.4, 0.5) is 0 Å². The molecule has 0 heterocycles. The van der Waals surface area contributed by atoms with Crippen molar-refractivity contribution in [3.63, 3.8) is 0 Å². The van der Waals surface area contributed by atoms with Crippen molar-refractivity contribution in [1.29, 1.82) is 0 Å². The molecule has 0 aromatic heterocycles. The fourth-order valence-electron chi connectivity index (χ4n) is 2.64. The first-order chi connectivity index (χ1) is 11.6. The van der Waals surface area contributed by atoms with Crippen molar-refractivity contribution in [3.8, 4) is 0 Å². The second-order valence-electron chi connectivity index (χ2n) is 6.25. The maximum atomic E-state index is 12.1. The number of amides is 1. The number of carboxylic acid groups (broad SMARTS) is 1. The summed E-state index contributed by atoms with van der Waals surface area (Å²) in [4.78, 5) is 24.2. The Morgan fingerprint density at radius 2 is 1.48 bits per heavy atom. The normalized spacial score (nSPS) is 10.3. The fraction of sp³-hybridized carbons (Fsp3) is 0.889. The Kier molecular flexibility index (Phi) is 23.1. The number of rotatable bonds is 17. The monoisotopic (exact) mass is 384 g/mol. The van der Waals surface area contributed by atoms with Crippen molar-refractivity contribution in [2.75, 3.05) is 32.8 Å².